The Morgan fingerprint density at radius 3 is 2.70 bits per heavy atom. The van der Waals surface area contributed by atoms with Crippen molar-refractivity contribution in [3.8, 4) is 0 Å². The second kappa shape index (κ2) is 6.79. The molecule has 136 valence electrons. The van der Waals surface area contributed by atoms with Crippen molar-refractivity contribution in [3.63, 3.8) is 0 Å². The predicted octanol–water partition coefficient (Wildman–Crippen LogP) is 4.02. The first kappa shape index (κ1) is 17.1. The lowest BCUT2D eigenvalue weighted by atomic mass is 9.98. The Bertz CT molecular complexity index is 1100. The quantitative estimate of drug-likeness (QED) is 0.660. The van der Waals surface area contributed by atoms with Gasteiger partial charge in [-0.25, -0.2) is 14.2 Å². The summed E-state index contributed by atoms with van der Waals surface area (Å²) >= 11 is 0. The number of hydrogen-bond donors (Lipinski definition) is 0. The van der Waals surface area contributed by atoms with E-state index in [4.69, 9.17) is 4.42 Å². The largest absolute Gasteiger partial charge is 0.422 e. The summed E-state index contributed by atoms with van der Waals surface area (Å²) in [4.78, 5) is 24.8. The molecule has 0 saturated carbocycles. The van der Waals surface area contributed by atoms with Gasteiger partial charge in [-0.05, 0) is 29.8 Å². The van der Waals surface area contributed by atoms with Crippen LogP contribution < -0.4 is 5.63 Å². The molecule has 6 heteroatoms. The van der Waals surface area contributed by atoms with E-state index in [0.717, 1.165) is 10.9 Å². The lowest BCUT2D eigenvalue weighted by Crippen LogP contribution is -2.26. The third kappa shape index (κ3) is 3.14. The summed E-state index contributed by atoms with van der Waals surface area (Å²) in [5.41, 5.74) is 1.61. The first-order chi connectivity index (χ1) is 13.1. The lowest BCUT2D eigenvalue weighted by Gasteiger charge is -2.21. The van der Waals surface area contributed by atoms with Crippen LogP contribution in [0, 0.1) is 5.82 Å². The summed E-state index contributed by atoms with van der Waals surface area (Å²) in [7, 11) is 0. The smallest absolute Gasteiger partial charge is 0.345 e. The van der Waals surface area contributed by atoms with Gasteiger partial charge in [0, 0.05) is 18.2 Å². The van der Waals surface area contributed by atoms with Gasteiger partial charge in [-0.3, -0.25) is 4.79 Å². The summed E-state index contributed by atoms with van der Waals surface area (Å²) in [6.07, 6.45) is 0.640. The van der Waals surface area contributed by atoms with Crippen LogP contribution in [0.15, 0.2) is 68.9 Å². The number of para-hydroxylation sites is 1. The zero-order chi connectivity index (χ0) is 19.0. The van der Waals surface area contributed by atoms with Gasteiger partial charge < -0.3 is 4.42 Å². The Labute approximate surface area is 154 Å². The number of halogens is 1. The zero-order valence-electron chi connectivity index (χ0n) is 14.7. The first-order valence-corrected chi connectivity index (χ1v) is 8.75. The molecule has 0 bridgehead atoms. The van der Waals surface area contributed by atoms with Gasteiger partial charge in [0.1, 0.15) is 11.4 Å². The van der Waals surface area contributed by atoms with Crippen molar-refractivity contribution < 1.29 is 13.6 Å². The molecule has 0 aliphatic carbocycles. The number of carbonyl (C=O) groups is 1. The molecule has 1 aliphatic heterocycles. The number of hydrogen-bond acceptors (Lipinski definition) is 4. The molecular weight excluding hydrogens is 347 g/mol. The van der Waals surface area contributed by atoms with Crippen LogP contribution in [0.25, 0.3) is 11.0 Å². The van der Waals surface area contributed by atoms with Gasteiger partial charge in [0.15, 0.2) is 0 Å². The maximum absolute atomic E-state index is 13.3. The minimum atomic E-state index is -0.490. The normalized spacial score (nSPS) is 16.6. The summed E-state index contributed by atoms with van der Waals surface area (Å²) in [6.45, 7) is 1.75. The van der Waals surface area contributed by atoms with E-state index in [2.05, 4.69) is 5.10 Å². The summed E-state index contributed by atoms with van der Waals surface area (Å²) < 4.78 is 18.7. The Kier molecular flexibility index (Phi) is 4.32. The molecule has 5 nitrogen and oxygen atoms in total. The molecule has 0 spiro atoms. The highest BCUT2D eigenvalue weighted by molar-refractivity contribution is 6.04. The van der Waals surface area contributed by atoms with Gasteiger partial charge in [0.2, 0.25) is 5.91 Å². The molecule has 0 fully saturated rings. The van der Waals surface area contributed by atoms with Crippen molar-refractivity contribution in [3.05, 3.63) is 82.0 Å². The number of hydrazone groups is 1. The fraction of sp³-hybridized carbons (Fsp3) is 0.190. The zero-order valence-corrected chi connectivity index (χ0v) is 14.7. The second-order valence-corrected chi connectivity index (χ2v) is 6.40. The van der Waals surface area contributed by atoms with Crippen LogP contribution in [-0.4, -0.2) is 16.6 Å². The number of amides is 1. The standard InChI is InChI=1S/C21H17FN2O3/c1-2-20(25)24-18(13-7-9-15(22)10-8-13)12-17(23-24)16-11-14-5-3-4-6-19(14)27-21(16)26/h3-11,18H,2,12H2,1H3/t18-/m0/s1. The Morgan fingerprint density at radius 2 is 1.96 bits per heavy atom. The predicted molar refractivity (Wildman–Crippen MR) is 99.9 cm³/mol. The third-order valence-corrected chi connectivity index (χ3v) is 4.68. The molecule has 3 aromatic rings. The Morgan fingerprint density at radius 1 is 1.22 bits per heavy atom. The van der Waals surface area contributed by atoms with Crippen LogP contribution in [0.5, 0.6) is 0 Å². The van der Waals surface area contributed by atoms with Crippen LogP contribution in [0.1, 0.15) is 36.9 Å². The highest BCUT2D eigenvalue weighted by Gasteiger charge is 2.33. The third-order valence-electron chi connectivity index (χ3n) is 4.68. The number of carbonyl (C=O) groups excluding carboxylic acids is 1. The molecule has 2 aromatic carbocycles. The monoisotopic (exact) mass is 364 g/mol. The summed E-state index contributed by atoms with van der Waals surface area (Å²) in [6, 6.07) is 14.6. The molecule has 4 rings (SSSR count). The van der Waals surface area contributed by atoms with Gasteiger partial charge >= 0.3 is 5.63 Å². The second-order valence-electron chi connectivity index (χ2n) is 6.40. The van der Waals surface area contributed by atoms with E-state index < -0.39 is 5.63 Å². The van der Waals surface area contributed by atoms with Crippen molar-refractivity contribution in [1.29, 1.82) is 0 Å². The maximum Gasteiger partial charge on any atom is 0.345 e. The van der Waals surface area contributed by atoms with E-state index in [-0.39, 0.29) is 24.2 Å². The van der Waals surface area contributed by atoms with Crippen LogP contribution in [0.3, 0.4) is 0 Å². The summed E-state index contributed by atoms with van der Waals surface area (Å²) in [5.74, 6) is -0.508. The van der Waals surface area contributed by atoms with Crippen molar-refractivity contribution >= 4 is 22.6 Å². The molecule has 1 aromatic heterocycles. The van der Waals surface area contributed by atoms with E-state index in [9.17, 15) is 14.0 Å². The summed E-state index contributed by atoms with van der Waals surface area (Å²) in [5, 5.41) is 6.60. The van der Waals surface area contributed by atoms with E-state index in [1.54, 1.807) is 37.3 Å². The molecule has 27 heavy (non-hydrogen) atoms. The molecule has 1 atom stereocenters. The van der Waals surface area contributed by atoms with Crippen molar-refractivity contribution in [1.82, 2.24) is 5.01 Å². The van der Waals surface area contributed by atoms with Crippen LogP contribution in [0.2, 0.25) is 0 Å². The number of benzene rings is 2. The fourth-order valence-corrected chi connectivity index (χ4v) is 3.27. The topological polar surface area (TPSA) is 62.9 Å². The van der Waals surface area contributed by atoms with Crippen LogP contribution in [0.4, 0.5) is 4.39 Å². The first-order valence-electron chi connectivity index (χ1n) is 8.75. The SMILES string of the molecule is CCC(=O)N1N=C(c2cc3ccccc3oc2=O)C[C@H]1c1ccc(F)cc1. The molecule has 1 aliphatic rings. The molecule has 0 radical (unpaired) electrons. The minimum absolute atomic E-state index is 0.162. The van der Waals surface area contributed by atoms with Gasteiger partial charge in [-0.1, -0.05) is 37.3 Å². The van der Waals surface area contributed by atoms with E-state index in [1.165, 1.54) is 17.1 Å². The van der Waals surface area contributed by atoms with Gasteiger partial charge in [0.05, 0.1) is 17.3 Å². The molecular formula is C21H17FN2O3. The van der Waals surface area contributed by atoms with Crippen molar-refractivity contribution in [2.75, 3.05) is 0 Å². The van der Waals surface area contributed by atoms with Gasteiger partial charge in [-0.15, -0.1) is 0 Å². The minimum Gasteiger partial charge on any atom is -0.422 e. The van der Waals surface area contributed by atoms with Crippen molar-refractivity contribution in [2.24, 2.45) is 5.10 Å². The van der Waals surface area contributed by atoms with E-state index >= 15 is 0 Å². The van der Waals surface area contributed by atoms with Crippen molar-refractivity contribution in [2.45, 2.75) is 25.8 Å². The molecule has 0 saturated heterocycles. The van der Waals surface area contributed by atoms with Gasteiger partial charge in [-0.2, -0.15) is 5.10 Å². The highest BCUT2D eigenvalue weighted by Crippen LogP contribution is 2.33. The van der Waals surface area contributed by atoms with E-state index in [0.29, 0.717) is 23.3 Å². The molecule has 0 N–H and O–H groups in total. The lowest BCUT2D eigenvalue weighted by molar-refractivity contribution is -0.132. The van der Waals surface area contributed by atoms with Gasteiger partial charge in [0.25, 0.3) is 0 Å². The Balaban J connectivity index is 1.77. The average Bonchev–Trinajstić information content (AvgIpc) is 3.12. The van der Waals surface area contributed by atoms with E-state index in [1.807, 2.05) is 12.1 Å². The maximum atomic E-state index is 13.3. The average molecular weight is 364 g/mol. The number of fused-ring (bicyclic) bond motifs is 1. The van der Waals surface area contributed by atoms with Crippen LogP contribution in [-0.2, 0) is 4.79 Å². The molecule has 1 amide bonds. The van der Waals surface area contributed by atoms with Crippen LogP contribution >= 0.6 is 0 Å². The number of nitrogens with zero attached hydrogens (tertiary/aromatic N) is 2. The number of rotatable bonds is 3. The fourth-order valence-electron chi connectivity index (χ4n) is 3.27. The molecule has 0 unspecified atom stereocenters. The highest BCUT2D eigenvalue weighted by atomic mass is 19.1. The molecule has 2 heterocycles. The Hall–Kier alpha value is -3.28.